The van der Waals surface area contributed by atoms with Gasteiger partial charge in [0.15, 0.2) is 0 Å². The number of fused-ring (bicyclic) bond motifs is 1. The fraction of sp³-hybridized carbons (Fsp3) is 0.400. The number of hydrogen-bond acceptors (Lipinski definition) is 3. The SMILES string of the molecule is CCC(C)C(=O)OCc1oc2ccccc2c1C. The maximum Gasteiger partial charge on any atom is 0.309 e. The first kappa shape index (κ1) is 12.7. The summed E-state index contributed by atoms with van der Waals surface area (Å²) in [5.74, 6) is 0.500. The normalized spacial score (nSPS) is 12.6. The molecule has 2 rings (SSSR count). The third-order valence-corrected chi connectivity index (χ3v) is 3.30. The Hall–Kier alpha value is -1.77. The highest BCUT2D eigenvalue weighted by atomic mass is 16.5. The number of hydrogen-bond donors (Lipinski definition) is 0. The highest BCUT2D eigenvalue weighted by Gasteiger charge is 2.15. The van der Waals surface area contributed by atoms with Crippen LogP contribution in [0.15, 0.2) is 28.7 Å². The van der Waals surface area contributed by atoms with Gasteiger partial charge in [0.1, 0.15) is 18.0 Å². The van der Waals surface area contributed by atoms with E-state index in [-0.39, 0.29) is 18.5 Å². The van der Waals surface area contributed by atoms with Crippen LogP contribution >= 0.6 is 0 Å². The molecule has 0 bridgehead atoms. The van der Waals surface area contributed by atoms with Crippen LogP contribution in [0.4, 0.5) is 0 Å². The van der Waals surface area contributed by atoms with E-state index in [1.165, 1.54) is 0 Å². The van der Waals surface area contributed by atoms with Gasteiger partial charge in [-0.1, -0.05) is 32.0 Å². The molecule has 18 heavy (non-hydrogen) atoms. The summed E-state index contributed by atoms with van der Waals surface area (Å²) >= 11 is 0. The first-order chi connectivity index (χ1) is 8.63. The molecule has 3 nitrogen and oxygen atoms in total. The molecule has 0 fully saturated rings. The molecule has 0 radical (unpaired) electrons. The first-order valence-electron chi connectivity index (χ1n) is 6.27. The Kier molecular flexibility index (Phi) is 3.70. The van der Waals surface area contributed by atoms with E-state index in [0.717, 1.165) is 28.7 Å². The van der Waals surface area contributed by atoms with Gasteiger partial charge in [-0.3, -0.25) is 4.79 Å². The van der Waals surface area contributed by atoms with Crippen molar-refractivity contribution in [3.05, 3.63) is 35.6 Å². The molecular weight excluding hydrogens is 228 g/mol. The quantitative estimate of drug-likeness (QED) is 0.770. The summed E-state index contributed by atoms with van der Waals surface area (Å²) in [5.41, 5.74) is 1.88. The van der Waals surface area contributed by atoms with Crippen LogP contribution in [0.25, 0.3) is 11.0 Å². The molecule has 96 valence electrons. The van der Waals surface area contributed by atoms with E-state index in [9.17, 15) is 4.79 Å². The molecule has 1 aromatic carbocycles. The fourth-order valence-electron chi connectivity index (χ4n) is 1.81. The second-order valence-electron chi connectivity index (χ2n) is 4.56. The zero-order valence-corrected chi connectivity index (χ0v) is 11.0. The lowest BCUT2D eigenvalue weighted by Crippen LogP contribution is -2.13. The van der Waals surface area contributed by atoms with Crippen LogP contribution in [0.3, 0.4) is 0 Å². The van der Waals surface area contributed by atoms with Gasteiger partial charge >= 0.3 is 5.97 Å². The van der Waals surface area contributed by atoms with Crippen molar-refractivity contribution in [3.63, 3.8) is 0 Å². The molecule has 0 aliphatic carbocycles. The van der Waals surface area contributed by atoms with Gasteiger partial charge in [0.2, 0.25) is 0 Å². The van der Waals surface area contributed by atoms with Crippen LogP contribution < -0.4 is 0 Å². The predicted molar refractivity (Wildman–Crippen MR) is 70.2 cm³/mol. The Morgan fingerprint density at radius 1 is 1.39 bits per heavy atom. The zero-order chi connectivity index (χ0) is 13.1. The van der Waals surface area contributed by atoms with Crippen molar-refractivity contribution < 1.29 is 13.9 Å². The molecule has 1 heterocycles. The number of ether oxygens (including phenoxy) is 1. The van der Waals surface area contributed by atoms with E-state index < -0.39 is 0 Å². The first-order valence-corrected chi connectivity index (χ1v) is 6.27. The number of aryl methyl sites for hydroxylation is 1. The molecule has 0 aliphatic rings. The lowest BCUT2D eigenvalue weighted by Gasteiger charge is -2.08. The third-order valence-electron chi connectivity index (χ3n) is 3.30. The Morgan fingerprint density at radius 2 is 2.11 bits per heavy atom. The van der Waals surface area contributed by atoms with Gasteiger partial charge in [0.05, 0.1) is 5.92 Å². The van der Waals surface area contributed by atoms with Crippen molar-refractivity contribution in [1.29, 1.82) is 0 Å². The lowest BCUT2D eigenvalue weighted by molar-refractivity contribution is -0.149. The number of benzene rings is 1. The average Bonchev–Trinajstić information content (AvgIpc) is 2.72. The summed E-state index contributed by atoms with van der Waals surface area (Å²) in [7, 11) is 0. The molecule has 2 aromatic rings. The minimum Gasteiger partial charge on any atom is -0.457 e. The van der Waals surface area contributed by atoms with Crippen LogP contribution in [-0.2, 0) is 16.1 Å². The van der Waals surface area contributed by atoms with E-state index in [1.807, 2.05) is 45.0 Å². The summed E-state index contributed by atoms with van der Waals surface area (Å²) in [5, 5.41) is 1.08. The van der Waals surface area contributed by atoms with Crippen LogP contribution in [0, 0.1) is 12.8 Å². The van der Waals surface area contributed by atoms with Crippen molar-refractivity contribution >= 4 is 16.9 Å². The molecule has 0 spiro atoms. The van der Waals surface area contributed by atoms with E-state index >= 15 is 0 Å². The number of carbonyl (C=O) groups excluding carboxylic acids is 1. The fourth-order valence-corrected chi connectivity index (χ4v) is 1.81. The molecule has 3 heteroatoms. The Bertz CT molecular complexity index is 554. The van der Waals surface area contributed by atoms with E-state index in [1.54, 1.807) is 0 Å². The maximum absolute atomic E-state index is 11.6. The lowest BCUT2D eigenvalue weighted by atomic mass is 10.1. The molecule has 1 aromatic heterocycles. The Morgan fingerprint density at radius 3 is 2.78 bits per heavy atom. The number of carbonyl (C=O) groups is 1. The van der Waals surface area contributed by atoms with Crippen molar-refractivity contribution in [3.8, 4) is 0 Å². The molecule has 0 amide bonds. The molecule has 1 atom stereocenters. The number of para-hydroxylation sites is 1. The standard InChI is InChI=1S/C15H18O3/c1-4-10(2)15(16)17-9-14-11(3)12-7-5-6-8-13(12)18-14/h5-8,10H,4,9H2,1-3H3. The summed E-state index contributed by atoms with van der Waals surface area (Å²) < 4.78 is 10.9. The third kappa shape index (κ3) is 2.40. The number of furan rings is 1. The van der Waals surface area contributed by atoms with Gasteiger partial charge in [0, 0.05) is 10.9 Å². The minimum absolute atomic E-state index is 0.0605. The van der Waals surface area contributed by atoms with Crippen LogP contribution in [0.5, 0.6) is 0 Å². The van der Waals surface area contributed by atoms with E-state index in [2.05, 4.69) is 0 Å². The highest BCUT2D eigenvalue weighted by Crippen LogP contribution is 2.25. The Balaban J connectivity index is 2.13. The van der Waals surface area contributed by atoms with Crippen LogP contribution in [-0.4, -0.2) is 5.97 Å². The summed E-state index contributed by atoms with van der Waals surface area (Å²) in [6.45, 7) is 6.04. The van der Waals surface area contributed by atoms with Crippen molar-refractivity contribution in [2.24, 2.45) is 5.92 Å². The van der Waals surface area contributed by atoms with Crippen LogP contribution in [0.2, 0.25) is 0 Å². The second kappa shape index (κ2) is 5.25. The monoisotopic (exact) mass is 246 g/mol. The molecule has 0 saturated carbocycles. The van der Waals surface area contributed by atoms with Gasteiger partial charge in [0.25, 0.3) is 0 Å². The largest absolute Gasteiger partial charge is 0.457 e. The Labute approximate surface area is 107 Å². The van der Waals surface area contributed by atoms with Crippen molar-refractivity contribution in [2.45, 2.75) is 33.8 Å². The number of esters is 1. The van der Waals surface area contributed by atoms with Gasteiger partial charge < -0.3 is 9.15 Å². The van der Waals surface area contributed by atoms with Gasteiger partial charge in [-0.15, -0.1) is 0 Å². The van der Waals surface area contributed by atoms with Gasteiger partial charge in [-0.2, -0.15) is 0 Å². The van der Waals surface area contributed by atoms with E-state index in [0.29, 0.717) is 0 Å². The van der Waals surface area contributed by atoms with Gasteiger partial charge in [-0.25, -0.2) is 0 Å². The zero-order valence-electron chi connectivity index (χ0n) is 11.0. The molecule has 0 aliphatic heterocycles. The topological polar surface area (TPSA) is 39.4 Å². The smallest absolute Gasteiger partial charge is 0.309 e. The number of rotatable bonds is 4. The summed E-state index contributed by atoms with van der Waals surface area (Å²) in [4.78, 5) is 11.6. The maximum atomic E-state index is 11.6. The van der Waals surface area contributed by atoms with E-state index in [4.69, 9.17) is 9.15 Å². The molecule has 0 N–H and O–H groups in total. The second-order valence-corrected chi connectivity index (χ2v) is 4.56. The molecular formula is C15H18O3. The van der Waals surface area contributed by atoms with Gasteiger partial charge in [-0.05, 0) is 19.4 Å². The predicted octanol–water partition coefficient (Wildman–Crippen LogP) is 3.83. The average molecular weight is 246 g/mol. The highest BCUT2D eigenvalue weighted by molar-refractivity contribution is 5.82. The minimum atomic E-state index is -0.169. The van der Waals surface area contributed by atoms with Crippen LogP contribution in [0.1, 0.15) is 31.6 Å². The van der Waals surface area contributed by atoms with Crippen molar-refractivity contribution in [1.82, 2.24) is 0 Å². The molecule has 1 unspecified atom stereocenters. The molecule has 0 saturated heterocycles. The summed E-state index contributed by atoms with van der Waals surface area (Å²) in [6.07, 6.45) is 0.790. The van der Waals surface area contributed by atoms with Crippen molar-refractivity contribution in [2.75, 3.05) is 0 Å². The summed E-state index contributed by atoms with van der Waals surface area (Å²) in [6, 6.07) is 7.83.